The second-order valence-corrected chi connectivity index (χ2v) is 3.74. The van der Waals surface area contributed by atoms with E-state index in [2.05, 4.69) is 13.8 Å². The van der Waals surface area contributed by atoms with Gasteiger partial charge >= 0.3 is 0 Å². The first-order valence-corrected chi connectivity index (χ1v) is 5.26. The molecule has 0 aromatic rings. The molecule has 0 bridgehead atoms. The molecular formula is C11H22O2. The molecule has 0 amide bonds. The lowest BCUT2D eigenvalue weighted by Gasteiger charge is -2.18. The fourth-order valence-electron chi connectivity index (χ4n) is 1.67. The molecule has 0 aliphatic heterocycles. The van der Waals surface area contributed by atoms with Crippen LogP contribution in [0.15, 0.2) is 0 Å². The average molecular weight is 186 g/mol. The lowest BCUT2D eigenvalue weighted by Crippen LogP contribution is -2.16. The van der Waals surface area contributed by atoms with E-state index in [1.807, 2.05) is 0 Å². The van der Waals surface area contributed by atoms with Crippen LogP contribution in [0.2, 0.25) is 0 Å². The van der Waals surface area contributed by atoms with Crippen molar-refractivity contribution in [1.29, 1.82) is 0 Å². The molecule has 0 radical (unpaired) electrons. The van der Waals surface area contributed by atoms with Gasteiger partial charge in [-0.2, -0.15) is 0 Å². The minimum atomic E-state index is 0.0786. The molecule has 2 heteroatoms. The van der Waals surface area contributed by atoms with Crippen molar-refractivity contribution in [3.63, 3.8) is 0 Å². The Labute approximate surface area is 81.3 Å². The zero-order valence-electron chi connectivity index (χ0n) is 9.05. The predicted molar refractivity (Wildman–Crippen MR) is 54.6 cm³/mol. The maximum Gasteiger partial charge on any atom is 0.133 e. The van der Waals surface area contributed by atoms with E-state index in [0.717, 1.165) is 19.3 Å². The highest BCUT2D eigenvalue weighted by molar-refractivity contribution is 5.78. The number of aliphatic hydroxyl groups is 1. The molecule has 0 aromatic heterocycles. The summed E-state index contributed by atoms with van der Waals surface area (Å²) < 4.78 is 0. The second kappa shape index (κ2) is 7.07. The van der Waals surface area contributed by atoms with Gasteiger partial charge in [0.25, 0.3) is 0 Å². The summed E-state index contributed by atoms with van der Waals surface area (Å²) in [5, 5.41) is 8.79. The molecule has 0 aromatic carbocycles. The van der Waals surface area contributed by atoms with Crippen LogP contribution in [0.3, 0.4) is 0 Å². The Morgan fingerprint density at radius 1 is 1.31 bits per heavy atom. The number of hydrogen-bond donors (Lipinski definition) is 1. The van der Waals surface area contributed by atoms with E-state index < -0.39 is 0 Å². The zero-order chi connectivity index (χ0) is 10.3. The Balaban J connectivity index is 3.99. The summed E-state index contributed by atoms with van der Waals surface area (Å²) in [6.07, 6.45) is 3.84. The van der Waals surface area contributed by atoms with Crippen LogP contribution in [0.5, 0.6) is 0 Å². The van der Waals surface area contributed by atoms with Gasteiger partial charge in [0, 0.05) is 12.5 Å². The van der Waals surface area contributed by atoms with E-state index in [9.17, 15) is 4.79 Å². The monoisotopic (exact) mass is 186 g/mol. The van der Waals surface area contributed by atoms with E-state index >= 15 is 0 Å². The first kappa shape index (κ1) is 12.6. The van der Waals surface area contributed by atoms with Crippen molar-refractivity contribution in [2.24, 2.45) is 11.8 Å². The Morgan fingerprint density at radius 3 is 2.15 bits per heavy atom. The second-order valence-electron chi connectivity index (χ2n) is 3.74. The molecule has 0 rings (SSSR count). The molecule has 13 heavy (non-hydrogen) atoms. The summed E-state index contributed by atoms with van der Waals surface area (Å²) in [6, 6.07) is 0. The van der Waals surface area contributed by atoms with Gasteiger partial charge in [0.15, 0.2) is 0 Å². The summed E-state index contributed by atoms with van der Waals surface area (Å²) in [7, 11) is 0. The van der Waals surface area contributed by atoms with Crippen LogP contribution in [-0.2, 0) is 4.79 Å². The van der Waals surface area contributed by atoms with Gasteiger partial charge in [0.05, 0.1) is 0 Å². The number of hydrogen-bond acceptors (Lipinski definition) is 2. The van der Waals surface area contributed by atoms with Crippen LogP contribution in [-0.4, -0.2) is 17.5 Å². The topological polar surface area (TPSA) is 37.3 Å². The number of ketones is 1. The summed E-state index contributed by atoms with van der Waals surface area (Å²) in [4.78, 5) is 11.2. The number of aliphatic hydroxyl groups excluding tert-OH is 1. The number of Topliss-reactive ketones (excluding diaryl/α,β-unsaturated/α-hetero) is 1. The summed E-state index contributed by atoms with van der Waals surface area (Å²) in [5.74, 6) is 0.941. The lowest BCUT2D eigenvalue weighted by atomic mass is 9.87. The van der Waals surface area contributed by atoms with Crippen molar-refractivity contribution >= 4 is 5.78 Å². The molecule has 2 nitrogen and oxygen atoms in total. The van der Waals surface area contributed by atoms with Crippen LogP contribution in [0, 0.1) is 11.8 Å². The molecule has 0 saturated heterocycles. The maximum atomic E-state index is 11.2. The van der Waals surface area contributed by atoms with Gasteiger partial charge in [0.2, 0.25) is 0 Å². The molecule has 1 N–H and O–H groups in total. The fourth-order valence-corrected chi connectivity index (χ4v) is 1.67. The quantitative estimate of drug-likeness (QED) is 0.663. The van der Waals surface area contributed by atoms with Crippen molar-refractivity contribution in [1.82, 2.24) is 0 Å². The van der Waals surface area contributed by atoms with E-state index in [-0.39, 0.29) is 18.3 Å². The molecule has 78 valence electrons. The third kappa shape index (κ3) is 5.04. The third-order valence-corrected chi connectivity index (χ3v) is 2.83. The minimum absolute atomic E-state index is 0.0786. The summed E-state index contributed by atoms with van der Waals surface area (Å²) >= 11 is 0. The van der Waals surface area contributed by atoms with Crippen LogP contribution < -0.4 is 0 Å². The molecule has 0 heterocycles. The molecule has 0 spiro atoms. The highest BCUT2D eigenvalue weighted by atomic mass is 16.3. The van der Waals surface area contributed by atoms with Crippen molar-refractivity contribution in [2.75, 3.05) is 6.61 Å². The van der Waals surface area contributed by atoms with E-state index in [0.29, 0.717) is 12.3 Å². The van der Waals surface area contributed by atoms with Gasteiger partial charge in [-0.05, 0) is 25.7 Å². The molecular weight excluding hydrogens is 164 g/mol. The first-order valence-electron chi connectivity index (χ1n) is 5.26. The van der Waals surface area contributed by atoms with E-state index in [4.69, 9.17) is 5.11 Å². The van der Waals surface area contributed by atoms with Gasteiger partial charge in [-0.3, -0.25) is 4.79 Å². The van der Waals surface area contributed by atoms with Crippen LogP contribution in [0.1, 0.15) is 46.5 Å². The summed E-state index contributed by atoms with van der Waals surface area (Å²) in [6.45, 7) is 6.07. The molecule has 0 saturated carbocycles. The lowest BCUT2D eigenvalue weighted by molar-refractivity contribution is -0.121. The van der Waals surface area contributed by atoms with Crippen LogP contribution >= 0.6 is 0 Å². The standard InChI is InChI=1S/C11H22O2/c1-4-10(5-2)8-11(6-7-12)9(3)13/h10-12H,4-8H2,1-3H3. The van der Waals surface area contributed by atoms with Crippen LogP contribution in [0.4, 0.5) is 0 Å². The molecule has 0 aliphatic rings. The molecule has 1 unspecified atom stereocenters. The van der Waals surface area contributed by atoms with Gasteiger partial charge in [-0.15, -0.1) is 0 Å². The SMILES string of the molecule is CCC(CC)CC(CCO)C(C)=O. The third-order valence-electron chi connectivity index (χ3n) is 2.83. The van der Waals surface area contributed by atoms with Crippen molar-refractivity contribution in [3.05, 3.63) is 0 Å². The van der Waals surface area contributed by atoms with Crippen LogP contribution in [0.25, 0.3) is 0 Å². The minimum Gasteiger partial charge on any atom is -0.396 e. The first-order chi connectivity index (χ1) is 6.15. The maximum absolute atomic E-state index is 11.2. The van der Waals surface area contributed by atoms with Gasteiger partial charge < -0.3 is 5.11 Å². The van der Waals surface area contributed by atoms with E-state index in [1.165, 1.54) is 0 Å². The van der Waals surface area contributed by atoms with Gasteiger partial charge in [-0.25, -0.2) is 0 Å². The predicted octanol–water partition coefficient (Wildman–Crippen LogP) is 2.40. The Hall–Kier alpha value is -0.370. The van der Waals surface area contributed by atoms with Crippen molar-refractivity contribution in [2.45, 2.75) is 46.5 Å². The normalized spacial score (nSPS) is 13.3. The average Bonchev–Trinajstić information content (AvgIpc) is 2.11. The number of carbonyl (C=O) groups excluding carboxylic acids is 1. The Kier molecular flexibility index (Phi) is 6.87. The highest BCUT2D eigenvalue weighted by Gasteiger charge is 2.17. The van der Waals surface area contributed by atoms with Gasteiger partial charge in [-0.1, -0.05) is 26.7 Å². The Bertz CT molecular complexity index is 139. The molecule has 1 atom stereocenters. The fraction of sp³-hybridized carbons (Fsp3) is 0.909. The highest BCUT2D eigenvalue weighted by Crippen LogP contribution is 2.21. The van der Waals surface area contributed by atoms with Crippen molar-refractivity contribution < 1.29 is 9.90 Å². The number of rotatable bonds is 7. The number of carbonyl (C=O) groups is 1. The van der Waals surface area contributed by atoms with Gasteiger partial charge in [0.1, 0.15) is 5.78 Å². The summed E-state index contributed by atoms with van der Waals surface area (Å²) in [5.41, 5.74) is 0. The molecule has 0 aliphatic carbocycles. The largest absolute Gasteiger partial charge is 0.396 e. The Morgan fingerprint density at radius 2 is 1.85 bits per heavy atom. The van der Waals surface area contributed by atoms with Crippen molar-refractivity contribution in [3.8, 4) is 0 Å². The van der Waals surface area contributed by atoms with E-state index in [1.54, 1.807) is 6.92 Å². The smallest absolute Gasteiger partial charge is 0.133 e. The molecule has 0 fully saturated rings. The zero-order valence-corrected chi connectivity index (χ0v) is 9.05.